The first-order valence-electron chi connectivity index (χ1n) is 10.7. The minimum absolute atomic E-state index is 0.0130. The van der Waals surface area contributed by atoms with Crippen LogP contribution in [0.1, 0.15) is 19.4 Å². The third-order valence-electron chi connectivity index (χ3n) is 5.75. The van der Waals surface area contributed by atoms with Gasteiger partial charge >= 0.3 is 0 Å². The van der Waals surface area contributed by atoms with E-state index < -0.39 is 0 Å². The molecule has 4 rings (SSSR count). The quantitative estimate of drug-likeness (QED) is 0.518. The Labute approximate surface area is 192 Å². The summed E-state index contributed by atoms with van der Waals surface area (Å²) in [5.74, 6) is 1.45. The van der Waals surface area contributed by atoms with E-state index in [1.54, 1.807) is 18.9 Å². The number of thioether (sulfide) groups is 1. The van der Waals surface area contributed by atoms with Crippen molar-refractivity contribution in [2.75, 3.05) is 26.5 Å². The van der Waals surface area contributed by atoms with Gasteiger partial charge in [-0.1, -0.05) is 18.2 Å². The van der Waals surface area contributed by atoms with Gasteiger partial charge in [-0.2, -0.15) is 0 Å². The first-order chi connectivity index (χ1) is 15.4. The maximum absolute atomic E-state index is 13.5. The molecule has 0 saturated heterocycles. The molecule has 1 atom stereocenters. The molecule has 1 aliphatic rings. The Morgan fingerprint density at radius 3 is 2.72 bits per heavy atom. The second kappa shape index (κ2) is 9.57. The van der Waals surface area contributed by atoms with Gasteiger partial charge in [0.15, 0.2) is 17.6 Å². The largest absolute Gasteiger partial charge is 0.486 e. The van der Waals surface area contributed by atoms with Gasteiger partial charge in [-0.25, -0.2) is 0 Å². The first-order valence-corrected chi connectivity index (χ1v) is 12.0. The number of nitrogens with one attached hydrogen (secondary N) is 1. The van der Waals surface area contributed by atoms with Crippen molar-refractivity contribution in [3.8, 4) is 11.5 Å². The Kier molecular flexibility index (Phi) is 6.79. The predicted molar refractivity (Wildman–Crippen MR) is 129 cm³/mol. The number of aromatic nitrogens is 1. The summed E-state index contributed by atoms with van der Waals surface area (Å²) in [5, 5.41) is 4.40. The summed E-state index contributed by atoms with van der Waals surface area (Å²) in [4.78, 5) is 14.6. The summed E-state index contributed by atoms with van der Waals surface area (Å²) in [7, 11) is 1.69. The van der Waals surface area contributed by atoms with Crippen LogP contribution in [0.2, 0.25) is 0 Å². The lowest BCUT2D eigenvalue weighted by atomic mass is 10.1. The molecule has 1 aromatic heterocycles. The molecule has 2 heterocycles. The molecular formula is C25H30N2O4S. The number of methoxy groups -OCH3 is 1. The van der Waals surface area contributed by atoms with Crippen LogP contribution in [0.3, 0.4) is 0 Å². The second-order valence-electron chi connectivity index (χ2n) is 8.58. The van der Waals surface area contributed by atoms with Gasteiger partial charge in [0.25, 0.3) is 5.56 Å². The normalized spacial score (nSPS) is 15.8. The Hall–Kier alpha value is -2.48. The number of pyridine rings is 1. The van der Waals surface area contributed by atoms with E-state index >= 15 is 0 Å². The van der Waals surface area contributed by atoms with Crippen molar-refractivity contribution >= 4 is 22.7 Å². The molecule has 1 aliphatic heterocycles. The van der Waals surface area contributed by atoms with E-state index in [0.717, 1.165) is 27.1 Å². The highest BCUT2D eigenvalue weighted by Crippen LogP contribution is 2.31. The monoisotopic (exact) mass is 454 g/mol. The summed E-state index contributed by atoms with van der Waals surface area (Å²) < 4.78 is 19.3. The first kappa shape index (κ1) is 22.7. The van der Waals surface area contributed by atoms with E-state index in [0.29, 0.717) is 32.0 Å². The summed E-state index contributed by atoms with van der Waals surface area (Å²) >= 11 is 1.66. The van der Waals surface area contributed by atoms with Gasteiger partial charge in [-0.05, 0) is 55.8 Å². The average molecular weight is 455 g/mol. The molecule has 0 radical (unpaired) electrons. The van der Waals surface area contributed by atoms with Gasteiger partial charge in [0.1, 0.15) is 6.61 Å². The molecule has 6 nitrogen and oxygen atoms in total. The lowest BCUT2D eigenvalue weighted by molar-refractivity contribution is 0.0230. The maximum Gasteiger partial charge on any atom is 0.255 e. The Morgan fingerprint density at radius 1 is 1.19 bits per heavy atom. The van der Waals surface area contributed by atoms with Gasteiger partial charge in [0.2, 0.25) is 0 Å². The van der Waals surface area contributed by atoms with Crippen LogP contribution in [0.5, 0.6) is 11.5 Å². The highest BCUT2D eigenvalue weighted by molar-refractivity contribution is 7.98. The van der Waals surface area contributed by atoms with Crippen LogP contribution in [0.15, 0.2) is 58.2 Å². The van der Waals surface area contributed by atoms with E-state index in [1.807, 2.05) is 55.0 Å². The number of para-hydroxylation sites is 2. The van der Waals surface area contributed by atoms with E-state index in [4.69, 9.17) is 14.2 Å². The lowest BCUT2D eigenvalue weighted by Crippen LogP contribution is -2.39. The summed E-state index contributed by atoms with van der Waals surface area (Å²) in [6.45, 7) is 5.96. The van der Waals surface area contributed by atoms with E-state index in [-0.39, 0.29) is 17.3 Å². The van der Waals surface area contributed by atoms with Gasteiger partial charge in [-0.3, -0.25) is 4.79 Å². The number of hydrogen-bond acceptors (Lipinski definition) is 6. The zero-order valence-electron chi connectivity index (χ0n) is 19.0. The third-order valence-corrected chi connectivity index (χ3v) is 6.48. The van der Waals surface area contributed by atoms with Crippen LogP contribution in [0, 0.1) is 0 Å². The highest BCUT2D eigenvalue weighted by Gasteiger charge is 2.23. The molecule has 0 aliphatic carbocycles. The Balaban J connectivity index is 1.66. The maximum atomic E-state index is 13.5. The van der Waals surface area contributed by atoms with Crippen molar-refractivity contribution in [3.63, 3.8) is 0 Å². The summed E-state index contributed by atoms with van der Waals surface area (Å²) in [6, 6.07) is 15.9. The third kappa shape index (κ3) is 4.95. The second-order valence-corrected chi connectivity index (χ2v) is 9.45. The minimum Gasteiger partial charge on any atom is -0.486 e. The molecule has 0 unspecified atom stereocenters. The van der Waals surface area contributed by atoms with E-state index in [9.17, 15) is 4.79 Å². The van der Waals surface area contributed by atoms with Crippen molar-refractivity contribution in [1.82, 2.24) is 9.88 Å². The fraction of sp³-hybridized carbons (Fsp3) is 0.400. The van der Waals surface area contributed by atoms with Gasteiger partial charge in [0.05, 0.1) is 17.7 Å². The lowest BCUT2D eigenvalue weighted by Gasteiger charge is -2.27. The van der Waals surface area contributed by atoms with Crippen LogP contribution in [0.4, 0.5) is 0 Å². The average Bonchev–Trinajstić information content (AvgIpc) is 2.81. The molecule has 170 valence electrons. The number of ether oxygens (including phenoxy) is 3. The van der Waals surface area contributed by atoms with Crippen molar-refractivity contribution < 1.29 is 14.2 Å². The molecule has 0 spiro atoms. The molecule has 0 saturated carbocycles. The Morgan fingerprint density at radius 2 is 1.97 bits per heavy atom. The van der Waals surface area contributed by atoms with E-state index in [1.165, 1.54) is 0 Å². The molecule has 0 bridgehead atoms. The topological polar surface area (TPSA) is 61.7 Å². The number of rotatable bonds is 8. The van der Waals surface area contributed by atoms with E-state index in [2.05, 4.69) is 23.5 Å². The van der Waals surface area contributed by atoms with Crippen LogP contribution in [-0.2, 0) is 17.8 Å². The standard InChI is InChI=1S/C25H30N2O4S/c1-25(2,29-3)16-26-13-18-11-17-9-10-20(32-4)12-21(17)27(24(18)28)14-19-15-30-22-7-5-6-8-23(22)31-19/h5-12,19,26H,13-16H2,1-4H3/t19-/m1/s1. The summed E-state index contributed by atoms with van der Waals surface area (Å²) in [6.07, 6.45) is 1.79. The van der Waals surface area contributed by atoms with Crippen molar-refractivity contribution in [1.29, 1.82) is 0 Å². The molecule has 3 aromatic rings. The minimum atomic E-state index is -0.302. The van der Waals surface area contributed by atoms with Crippen molar-refractivity contribution in [3.05, 3.63) is 64.4 Å². The number of benzene rings is 2. The van der Waals surface area contributed by atoms with Crippen LogP contribution in [0.25, 0.3) is 10.9 Å². The SMILES string of the molecule is COC(C)(C)CNCc1cc2ccc(SC)cc2n(C[C@@H]2COc3ccccc3O2)c1=O. The highest BCUT2D eigenvalue weighted by atomic mass is 32.2. The molecule has 2 aromatic carbocycles. The fourth-order valence-corrected chi connectivity index (χ4v) is 4.21. The van der Waals surface area contributed by atoms with Crippen LogP contribution >= 0.6 is 11.8 Å². The zero-order chi connectivity index (χ0) is 22.7. The van der Waals surface area contributed by atoms with Crippen molar-refractivity contribution in [2.24, 2.45) is 0 Å². The molecule has 1 N–H and O–H groups in total. The molecule has 0 amide bonds. The fourth-order valence-electron chi connectivity index (χ4n) is 3.77. The summed E-state index contributed by atoms with van der Waals surface area (Å²) in [5.41, 5.74) is 1.31. The zero-order valence-corrected chi connectivity index (χ0v) is 19.8. The molecule has 32 heavy (non-hydrogen) atoms. The molecule has 7 heteroatoms. The van der Waals surface area contributed by atoms with Crippen LogP contribution in [-0.4, -0.2) is 42.8 Å². The van der Waals surface area contributed by atoms with Gasteiger partial charge < -0.3 is 24.1 Å². The van der Waals surface area contributed by atoms with Gasteiger partial charge in [-0.15, -0.1) is 11.8 Å². The predicted octanol–water partition coefficient (Wildman–Crippen LogP) is 4.08. The molecular weight excluding hydrogens is 424 g/mol. The smallest absolute Gasteiger partial charge is 0.255 e. The number of hydrogen-bond donors (Lipinski definition) is 1. The van der Waals surface area contributed by atoms with Crippen LogP contribution < -0.4 is 20.3 Å². The van der Waals surface area contributed by atoms with Gasteiger partial charge in [0, 0.05) is 30.7 Å². The number of nitrogens with zero attached hydrogens (tertiary/aromatic N) is 1. The number of fused-ring (bicyclic) bond motifs is 2. The molecule has 0 fully saturated rings. The Bertz CT molecular complexity index is 1160. The van der Waals surface area contributed by atoms with Crippen molar-refractivity contribution in [2.45, 2.75) is 43.5 Å².